The summed E-state index contributed by atoms with van der Waals surface area (Å²) >= 11 is 0. The molecule has 4 rings (SSSR count). The second kappa shape index (κ2) is 8.46. The van der Waals surface area contributed by atoms with Crippen molar-refractivity contribution in [2.75, 3.05) is 12.1 Å². The molecule has 3 unspecified atom stereocenters. The molecule has 2 N–H and O–H groups in total. The summed E-state index contributed by atoms with van der Waals surface area (Å²) in [5, 5.41) is 27.7. The zero-order valence-electron chi connectivity index (χ0n) is 19.3. The van der Waals surface area contributed by atoms with Crippen molar-refractivity contribution in [3.05, 3.63) is 12.7 Å². The lowest BCUT2D eigenvalue weighted by molar-refractivity contribution is -0.529. The maximum Gasteiger partial charge on any atom is 0.264 e. The van der Waals surface area contributed by atoms with Crippen molar-refractivity contribution in [3.63, 3.8) is 0 Å². The predicted octanol–water partition coefficient (Wildman–Crippen LogP) is 1.43. The molecule has 2 aromatic rings. The van der Waals surface area contributed by atoms with Gasteiger partial charge >= 0.3 is 0 Å². The van der Waals surface area contributed by atoms with Crippen LogP contribution in [0.3, 0.4) is 0 Å². The molecule has 2 aliphatic heterocycles. The molecule has 0 bridgehead atoms. The number of aliphatic hydroxyl groups excluding tert-OH is 2. The van der Waals surface area contributed by atoms with E-state index in [2.05, 4.69) is 15.1 Å². The van der Waals surface area contributed by atoms with Crippen LogP contribution in [0.15, 0.2) is 17.8 Å². The minimum atomic E-state index is -2.24. The fourth-order valence-corrected chi connectivity index (χ4v) is 5.34. The zero-order chi connectivity index (χ0) is 23.4. The third-order valence-corrected chi connectivity index (χ3v) is 8.12. The summed E-state index contributed by atoms with van der Waals surface area (Å²) < 4.78 is 28.0. The van der Waals surface area contributed by atoms with E-state index in [1.165, 1.54) is 6.33 Å². The second-order valence-corrected chi connectivity index (χ2v) is 11.0. The van der Waals surface area contributed by atoms with E-state index >= 15 is 0 Å². The van der Waals surface area contributed by atoms with Gasteiger partial charge in [-0.05, 0) is 25.4 Å². The molecule has 0 aliphatic carbocycles. The molecule has 0 saturated carbocycles. The molecule has 6 atom stereocenters. The van der Waals surface area contributed by atoms with Gasteiger partial charge in [-0.1, -0.05) is 13.8 Å². The Hall–Kier alpha value is -1.91. The first-order valence-corrected chi connectivity index (χ1v) is 12.2. The molecule has 11 nitrogen and oxygen atoms in total. The van der Waals surface area contributed by atoms with Crippen molar-refractivity contribution in [2.45, 2.75) is 83.3 Å². The highest BCUT2D eigenvalue weighted by molar-refractivity contribution is 7.40. The van der Waals surface area contributed by atoms with Crippen LogP contribution in [0.2, 0.25) is 0 Å². The van der Waals surface area contributed by atoms with Crippen LogP contribution in [0.4, 0.5) is 5.82 Å². The summed E-state index contributed by atoms with van der Waals surface area (Å²) in [6.07, 6.45) is 0.345. The summed E-state index contributed by atoms with van der Waals surface area (Å²) in [7, 11) is -0.437. The van der Waals surface area contributed by atoms with Crippen LogP contribution in [0, 0.1) is 0 Å². The second-order valence-electron chi connectivity index (χ2n) is 9.17. The zero-order valence-corrected chi connectivity index (χ0v) is 20.3. The Kier molecular flexibility index (Phi) is 6.15. The van der Waals surface area contributed by atoms with E-state index in [0.717, 1.165) is 11.9 Å². The Bertz CT molecular complexity index is 1070. The summed E-state index contributed by atoms with van der Waals surface area (Å²) in [6, 6.07) is 0. The van der Waals surface area contributed by atoms with Gasteiger partial charge in [-0.25, -0.2) is 14.5 Å². The molecule has 2 aliphatic rings. The third kappa shape index (κ3) is 3.97. The van der Waals surface area contributed by atoms with E-state index in [1.54, 1.807) is 23.0 Å². The van der Waals surface area contributed by atoms with Gasteiger partial charge in [-0.2, -0.15) is 9.58 Å². The van der Waals surface area contributed by atoms with Crippen molar-refractivity contribution >= 4 is 30.8 Å². The molecule has 0 radical (unpaired) electrons. The molecule has 12 heteroatoms. The molecule has 32 heavy (non-hydrogen) atoms. The number of nitrogens with zero attached hydrogens (tertiary/aromatic N) is 6. The van der Waals surface area contributed by atoms with E-state index in [9.17, 15) is 14.8 Å². The minimum absolute atomic E-state index is 0.0277. The van der Waals surface area contributed by atoms with Gasteiger partial charge in [0.15, 0.2) is 14.4 Å². The molecule has 0 amide bonds. The first-order valence-electron chi connectivity index (χ1n) is 10.8. The number of hydrogen-bond donors (Lipinski definition) is 2. The number of anilines is 1. The molecule has 4 heterocycles. The first-order chi connectivity index (χ1) is 15.0. The molecular formula is C20H32N6O5P+. The number of rotatable bonds is 7. The van der Waals surface area contributed by atoms with E-state index < -0.39 is 38.2 Å². The largest absolute Gasteiger partial charge is 0.387 e. The highest BCUT2D eigenvalue weighted by Crippen LogP contribution is 2.41. The molecule has 2 aromatic heterocycles. The van der Waals surface area contributed by atoms with Gasteiger partial charge < -0.3 is 19.5 Å². The van der Waals surface area contributed by atoms with Gasteiger partial charge in [-0.15, -0.1) is 0 Å². The Balaban J connectivity index is 1.60. The SMILES string of the molecule is CCC(C)[PH](=O)OC(C)(C)C[C@H]1OC(n2c[n+]3c4c(ncnc42)N(C)N=C3C)[C@H](O)[C@@H]1O. The van der Waals surface area contributed by atoms with E-state index in [0.29, 0.717) is 17.3 Å². The van der Waals surface area contributed by atoms with Crippen molar-refractivity contribution in [1.82, 2.24) is 14.5 Å². The molecule has 176 valence electrons. The van der Waals surface area contributed by atoms with E-state index in [4.69, 9.17) is 9.26 Å². The number of aromatic nitrogens is 4. The smallest absolute Gasteiger partial charge is 0.264 e. The number of hydrazone groups is 1. The maximum atomic E-state index is 12.4. The topological polar surface area (TPSA) is 126 Å². The van der Waals surface area contributed by atoms with Crippen LogP contribution >= 0.6 is 8.03 Å². The van der Waals surface area contributed by atoms with Gasteiger partial charge in [0.25, 0.3) is 5.84 Å². The standard InChI is InChI=1S/C20H32N6O5P/c1-7-11(2)32(29)31-20(4,5)8-13-15(27)16(28)19(30-13)26-10-25-12(3)23-24(6)17-14(25)18(26)22-9-21-17/h9-11,13,15-16,19,27-28,32H,7-8H2,1-6H3/q+1/t11?,13-,15-,16-,19?/m1/s1. The highest BCUT2D eigenvalue weighted by Gasteiger charge is 2.49. The average molecular weight is 467 g/mol. The summed E-state index contributed by atoms with van der Waals surface area (Å²) in [6.45, 7) is 9.38. The highest BCUT2D eigenvalue weighted by atomic mass is 31.1. The van der Waals surface area contributed by atoms with E-state index in [1.807, 2.05) is 39.2 Å². The van der Waals surface area contributed by atoms with Crippen LogP contribution in [0.25, 0.3) is 11.2 Å². The fourth-order valence-electron chi connectivity index (χ4n) is 4.18. The number of ether oxygens (including phenoxy) is 1. The lowest BCUT2D eigenvalue weighted by Gasteiger charge is -2.29. The van der Waals surface area contributed by atoms with Gasteiger partial charge in [0.2, 0.25) is 23.2 Å². The van der Waals surface area contributed by atoms with E-state index in [-0.39, 0.29) is 12.1 Å². The van der Waals surface area contributed by atoms with Crippen LogP contribution < -0.4 is 9.58 Å². The predicted molar refractivity (Wildman–Crippen MR) is 119 cm³/mol. The summed E-state index contributed by atoms with van der Waals surface area (Å²) in [5.74, 6) is 1.35. The Morgan fingerprint density at radius 2 is 2.06 bits per heavy atom. The molecule has 0 spiro atoms. The van der Waals surface area contributed by atoms with Crippen LogP contribution in [0.1, 0.15) is 53.7 Å². The quantitative estimate of drug-likeness (QED) is 0.463. The number of aliphatic hydroxyl groups is 2. The van der Waals surface area contributed by atoms with Crippen LogP contribution in [0.5, 0.6) is 0 Å². The lowest BCUT2D eigenvalue weighted by Crippen LogP contribution is -2.45. The Morgan fingerprint density at radius 1 is 1.34 bits per heavy atom. The third-order valence-electron chi connectivity index (χ3n) is 6.15. The van der Waals surface area contributed by atoms with Gasteiger partial charge in [0, 0.05) is 26.1 Å². The monoisotopic (exact) mass is 467 g/mol. The van der Waals surface area contributed by atoms with Gasteiger partial charge in [0.05, 0.1) is 11.7 Å². The maximum absolute atomic E-state index is 12.4. The Morgan fingerprint density at radius 3 is 2.75 bits per heavy atom. The van der Waals surface area contributed by atoms with Crippen molar-refractivity contribution < 1.29 is 28.6 Å². The van der Waals surface area contributed by atoms with Crippen molar-refractivity contribution in [3.8, 4) is 0 Å². The lowest BCUT2D eigenvalue weighted by atomic mass is 9.97. The van der Waals surface area contributed by atoms with Gasteiger partial charge in [0.1, 0.15) is 18.5 Å². The van der Waals surface area contributed by atoms with Gasteiger partial charge in [-0.3, -0.25) is 4.57 Å². The summed E-state index contributed by atoms with van der Waals surface area (Å²) in [5.41, 5.74) is 0.486. The van der Waals surface area contributed by atoms with Crippen LogP contribution in [-0.4, -0.2) is 67.2 Å². The number of imidazole rings is 1. The molecule has 1 saturated heterocycles. The summed E-state index contributed by atoms with van der Waals surface area (Å²) in [4.78, 5) is 8.72. The first kappa shape index (κ1) is 23.3. The van der Waals surface area contributed by atoms with Crippen molar-refractivity contribution in [2.24, 2.45) is 5.10 Å². The Labute approximate surface area is 187 Å². The van der Waals surface area contributed by atoms with Crippen molar-refractivity contribution in [1.29, 1.82) is 0 Å². The minimum Gasteiger partial charge on any atom is -0.387 e. The fraction of sp³-hybridized carbons (Fsp3) is 0.700. The van der Waals surface area contributed by atoms with Crippen LogP contribution in [-0.2, 0) is 13.8 Å². The molecule has 1 fully saturated rings. The molecule has 0 aromatic carbocycles. The molecular weight excluding hydrogens is 435 g/mol. The average Bonchev–Trinajstić information content (AvgIpc) is 3.25. The normalized spacial score (nSPS) is 27.6. The number of hydrogen-bond acceptors (Lipinski definition) is 9.